The second-order valence-electron chi connectivity index (χ2n) is 5.31. The van der Waals surface area contributed by atoms with E-state index in [-0.39, 0.29) is 12.1 Å². The minimum atomic E-state index is 0.0908. The number of nitrogens with zero attached hydrogens (tertiary/aromatic N) is 2. The summed E-state index contributed by atoms with van der Waals surface area (Å²) < 4.78 is 1.08. The van der Waals surface area contributed by atoms with Gasteiger partial charge in [0.25, 0.3) is 0 Å². The number of pyridine rings is 1. The molecular formula is C17H22BrN3. The second kappa shape index (κ2) is 7.69. The van der Waals surface area contributed by atoms with Gasteiger partial charge in [-0.05, 0) is 43.3 Å². The fraction of sp³-hybridized carbons (Fsp3) is 0.353. The van der Waals surface area contributed by atoms with Gasteiger partial charge >= 0.3 is 0 Å². The average molecular weight is 348 g/mol. The van der Waals surface area contributed by atoms with Crippen molar-refractivity contribution in [2.45, 2.75) is 32.0 Å². The molecule has 1 aromatic carbocycles. The molecule has 0 bridgehead atoms. The molecule has 2 rings (SSSR count). The van der Waals surface area contributed by atoms with E-state index in [9.17, 15) is 0 Å². The van der Waals surface area contributed by atoms with Gasteiger partial charge in [0.05, 0.1) is 11.7 Å². The lowest BCUT2D eigenvalue weighted by Crippen LogP contribution is -2.38. The molecule has 0 aliphatic heterocycles. The van der Waals surface area contributed by atoms with Crippen LogP contribution in [0.25, 0.3) is 0 Å². The molecule has 1 heterocycles. The normalized spacial score (nSPS) is 14.1. The number of nitrogens with two attached hydrogens (primary N) is 1. The third-order valence-corrected chi connectivity index (χ3v) is 4.17. The van der Waals surface area contributed by atoms with Gasteiger partial charge in [-0.2, -0.15) is 0 Å². The van der Waals surface area contributed by atoms with Gasteiger partial charge in [0, 0.05) is 23.3 Å². The number of halogens is 1. The van der Waals surface area contributed by atoms with E-state index < -0.39 is 0 Å². The zero-order valence-electron chi connectivity index (χ0n) is 12.5. The van der Waals surface area contributed by atoms with Crippen molar-refractivity contribution in [3.8, 4) is 0 Å². The Bertz CT molecular complexity index is 559. The Labute approximate surface area is 135 Å². The SMILES string of the molecule is CCC(N)C(c1cccc(Br)c1)N(C)Cc1ccccn1. The molecular weight excluding hydrogens is 326 g/mol. The number of likely N-dealkylation sites (N-methyl/N-ethyl adjacent to an activating group) is 1. The molecule has 2 unspecified atom stereocenters. The van der Waals surface area contributed by atoms with Gasteiger partial charge in [0.1, 0.15) is 0 Å². The fourth-order valence-electron chi connectivity index (χ4n) is 2.59. The molecule has 4 heteroatoms. The smallest absolute Gasteiger partial charge is 0.0544 e. The van der Waals surface area contributed by atoms with Crippen molar-refractivity contribution in [1.82, 2.24) is 9.88 Å². The maximum atomic E-state index is 6.38. The van der Waals surface area contributed by atoms with Gasteiger partial charge in [0.15, 0.2) is 0 Å². The molecule has 0 fully saturated rings. The molecule has 0 aliphatic rings. The summed E-state index contributed by atoms with van der Waals surface area (Å²) >= 11 is 3.55. The van der Waals surface area contributed by atoms with Crippen LogP contribution in [0.5, 0.6) is 0 Å². The van der Waals surface area contributed by atoms with Crippen LogP contribution in [0.2, 0.25) is 0 Å². The summed E-state index contributed by atoms with van der Waals surface area (Å²) in [6.45, 7) is 2.91. The van der Waals surface area contributed by atoms with E-state index in [1.165, 1.54) is 5.56 Å². The molecule has 0 saturated carbocycles. The largest absolute Gasteiger partial charge is 0.326 e. The quantitative estimate of drug-likeness (QED) is 0.864. The molecule has 2 N–H and O–H groups in total. The zero-order chi connectivity index (χ0) is 15.2. The van der Waals surface area contributed by atoms with Gasteiger partial charge in [-0.1, -0.05) is 41.1 Å². The minimum Gasteiger partial charge on any atom is -0.326 e. The topological polar surface area (TPSA) is 42.1 Å². The molecule has 0 amide bonds. The van der Waals surface area contributed by atoms with Crippen LogP contribution in [-0.2, 0) is 6.54 Å². The third kappa shape index (κ3) is 4.37. The Morgan fingerprint density at radius 2 is 2.05 bits per heavy atom. The first-order valence-corrected chi connectivity index (χ1v) is 8.02. The molecule has 21 heavy (non-hydrogen) atoms. The first kappa shape index (κ1) is 16.1. The fourth-order valence-corrected chi connectivity index (χ4v) is 3.00. The summed E-state index contributed by atoms with van der Waals surface area (Å²) in [5.74, 6) is 0. The van der Waals surface area contributed by atoms with Crippen LogP contribution in [-0.4, -0.2) is 23.0 Å². The molecule has 1 aromatic heterocycles. The van der Waals surface area contributed by atoms with Crippen LogP contribution in [0.15, 0.2) is 53.1 Å². The Morgan fingerprint density at radius 1 is 1.24 bits per heavy atom. The van der Waals surface area contributed by atoms with E-state index in [0.29, 0.717) is 0 Å². The predicted octanol–water partition coefficient (Wildman–Crippen LogP) is 3.75. The molecule has 2 atom stereocenters. The van der Waals surface area contributed by atoms with Crippen LogP contribution in [0.1, 0.15) is 30.6 Å². The van der Waals surface area contributed by atoms with Crippen molar-refractivity contribution in [2.24, 2.45) is 5.73 Å². The van der Waals surface area contributed by atoms with E-state index in [4.69, 9.17) is 5.73 Å². The summed E-state index contributed by atoms with van der Waals surface area (Å²) in [5.41, 5.74) is 8.67. The zero-order valence-corrected chi connectivity index (χ0v) is 14.1. The highest BCUT2D eigenvalue weighted by Crippen LogP contribution is 2.27. The van der Waals surface area contributed by atoms with Crippen molar-refractivity contribution in [2.75, 3.05) is 7.05 Å². The van der Waals surface area contributed by atoms with E-state index in [2.05, 4.69) is 58.0 Å². The summed E-state index contributed by atoms with van der Waals surface area (Å²) in [6.07, 6.45) is 2.76. The Kier molecular flexibility index (Phi) is 5.91. The Morgan fingerprint density at radius 3 is 2.67 bits per heavy atom. The first-order valence-electron chi connectivity index (χ1n) is 7.23. The van der Waals surface area contributed by atoms with Gasteiger partial charge in [-0.3, -0.25) is 9.88 Å². The lowest BCUT2D eigenvalue weighted by molar-refractivity contribution is 0.199. The highest BCUT2D eigenvalue weighted by atomic mass is 79.9. The molecule has 0 spiro atoms. The van der Waals surface area contributed by atoms with E-state index >= 15 is 0 Å². The van der Waals surface area contributed by atoms with Crippen molar-refractivity contribution < 1.29 is 0 Å². The van der Waals surface area contributed by atoms with E-state index in [0.717, 1.165) is 23.1 Å². The predicted molar refractivity (Wildman–Crippen MR) is 90.9 cm³/mol. The monoisotopic (exact) mass is 347 g/mol. The number of rotatable bonds is 6. The molecule has 0 radical (unpaired) electrons. The average Bonchev–Trinajstić information content (AvgIpc) is 2.48. The summed E-state index contributed by atoms with van der Waals surface area (Å²) in [6, 6.07) is 14.7. The lowest BCUT2D eigenvalue weighted by Gasteiger charge is -2.32. The van der Waals surface area contributed by atoms with Gasteiger partial charge in [-0.25, -0.2) is 0 Å². The van der Waals surface area contributed by atoms with Crippen molar-refractivity contribution in [3.63, 3.8) is 0 Å². The van der Waals surface area contributed by atoms with Crippen LogP contribution >= 0.6 is 15.9 Å². The maximum absolute atomic E-state index is 6.38. The number of aromatic nitrogens is 1. The summed E-state index contributed by atoms with van der Waals surface area (Å²) in [4.78, 5) is 6.68. The van der Waals surface area contributed by atoms with E-state index in [1.807, 2.05) is 30.5 Å². The third-order valence-electron chi connectivity index (χ3n) is 3.68. The van der Waals surface area contributed by atoms with Crippen molar-refractivity contribution in [3.05, 3.63) is 64.4 Å². The van der Waals surface area contributed by atoms with Gasteiger partial charge in [0.2, 0.25) is 0 Å². The number of hydrogen-bond donors (Lipinski definition) is 1. The summed E-state index contributed by atoms with van der Waals surface area (Å²) in [7, 11) is 2.11. The Balaban J connectivity index is 2.23. The molecule has 0 aliphatic carbocycles. The summed E-state index contributed by atoms with van der Waals surface area (Å²) in [5, 5.41) is 0. The standard InChI is InChI=1S/C17H22BrN3/c1-3-16(19)17(13-7-6-8-14(18)11-13)21(2)12-15-9-4-5-10-20-15/h4-11,16-17H,3,12,19H2,1-2H3. The molecule has 2 aromatic rings. The highest BCUT2D eigenvalue weighted by molar-refractivity contribution is 9.10. The van der Waals surface area contributed by atoms with Gasteiger partial charge in [-0.15, -0.1) is 0 Å². The van der Waals surface area contributed by atoms with Crippen molar-refractivity contribution >= 4 is 15.9 Å². The van der Waals surface area contributed by atoms with E-state index in [1.54, 1.807) is 0 Å². The molecule has 3 nitrogen and oxygen atoms in total. The van der Waals surface area contributed by atoms with Crippen LogP contribution < -0.4 is 5.73 Å². The van der Waals surface area contributed by atoms with Crippen LogP contribution in [0, 0.1) is 0 Å². The minimum absolute atomic E-state index is 0.0908. The lowest BCUT2D eigenvalue weighted by atomic mass is 9.96. The Hall–Kier alpha value is -1.23. The molecule has 0 saturated heterocycles. The van der Waals surface area contributed by atoms with Crippen molar-refractivity contribution in [1.29, 1.82) is 0 Å². The first-order chi connectivity index (χ1) is 10.1. The van der Waals surface area contributed by atoms with Crippen LogP contribution in [0.4, 0.5) is 0 Å². The second-order valence-corrected chi connectivity index (χ2v) is 6.22. The van der Waals surface area contributed by atoms with Crippen LogP contribution in [0.3, 0.4) is 0 Å². The van der Waals surface area contributed by atoms with Gasteiger partial charge < -0.3 is 5.73 Å². The highest BCUT2D eigenvalue weighted by Gasteiger charge is 2.23. The molecule has 112 valence electrons. The number of hydrogen-bond acceptors (Lipinski definition) is 3. The maximum Gasteiger partial charge on any atom is 0.0544 e. The number of benzene rings is 1.